The summed E-state index contributed by atoms with van der Waals surface area (Å²) < 4.78 is 0. The molecule has 0 unspecified atom stereocenters. The fraction of sp³-hybridized carbons (Fsp3) is 0.375. The Labute approximate surface area is 92.0 Å². The zero-order valence-electron chi connectivity index (χ0n) is 8.15. The van der Waals surface area contributed by atoms with Gasteiger partial charge in [0.25, 0.3) is 0 Å². The zero-order chi connectivity index (χ0) is 10.4. The van der Waals surface area contributed by atoms with E-state index in [9.17, 15) is 0 Å². The molecule has 0 spiro atoms. The standard InChI is InChI=1S/C8H12N4S2/c1-4-5-9-6-10-7(13-2)12-8(11-6)14-3/h4H,1,5H2,2-3H3,(H,9,10,11,12). The van der Waals surface area contributed by atoms with Crippen LogP contribution in [0.25, 0.3) is 0 Å². The van der Waals surface area contributed by atoms with Crippen molar-refractivity contribution in [2.24, 2.45) is 0 Å². The van der Waals surface area contributed by atoms with E-state index in [0.717, 1.165) is 10.3 Å². The lowest BCUT2D eigenvalue weighted by atomic mass is 10.6. The second kappa shape index (κ2) is 5.87. The highest BCUT2D eigenvalue weighted by Gasteiger charge is 2.03. The van der Waals surface area contributed by atoms with Gasteiger partial charge in [-0.25, -0.2) is 0 Å². The maximum Gasteiger partial charge on any atom is 0.227 e. The van der Waals surface area contributed by atoms with Crippen molar-refractivity contribution in [1.29, 1.82) is 0 Å². The van der Waals surface area contributed by atoms with E-state index in [0.29, 0.717) is 12.5 Å². The number of thioether (sulfide) groups is 2. The summed E-state index contributed by atoms with van der Waals surface area (Å²) in [5.74, 6) is 0.605. The first-order valence-electron chi connectivity index (χ1n) is 3.99. The van der Waals surface area contributed by atoms with Gasteiger partial charge in [0.05, 0.1) is 0 Å². The molecule has 0 radical (unpaired) electrons. The number of anilines is 1. The lowest BCUT2D eigenvalue weighted by molar-refractivity contribution is 0.807. The maximum atomic E-state index is 4.22. The first-order chi connectivity index (χ1) is 6.80. The normalized spacial score (nSPS) is 9.86. The Morgan fingerprint density at radius 1 is 1.21 bits per heavy atom. The third-order valence-corrected chi connectivity index (χ3v) is 2.46. The quantitative estimate of drug-likeness (QED) is 0.614. The molecule has 6 heteroatoms. The number of nitrogens with zero attached hydrogens (tertiary/aromatic N) is 3. The lowest BCUT2D eigenvalue weighted by Crippen LogP contribution is -2.05. The van der Waals surface area contributed by atoms with E-state index in [1.165, 1.54) is 23.5 Å². The van der Waals surface area contributed by atoms with E-state index < -0.39 is 0 Å². The molecule has 1 aromatic heterocycles. The molecule has 1 heterocycles. The Bertz CT molecular complexity index is 294. The molecule has 1 rings (SSSR count). The van der Waals surface area contributed by atoms with Crippen molar-refractivity contribution in [3.8, 4) is 0 Å². The Morgan fingerprint density at radius 3 is 2.21 bits per heavy atom. The van der Waals surface area contributed by atoms with Gasteiger partial charge in [-0.15, -0.1) is 6.58 Å². The van der Waals surface area contributed by atoms with Crippen molar-refractivity contribution >= 4 is 29.5 Å². The summed E-state index contributed by atoms with van der Waals surface area (Å²) in [5, 5.41) is 4.50. The van der Waals surface area contributed by atoms with Gasteiger partial charge in [-0.1, -0.05) is 29.6 Å². The predicted octanol–water partition coefficient (Wildman–Crippen LogP) is 1.91. The van der Waals surface area contributed by atoms with Crippen molar-refractivity contribution < 1.29 is 0 Å². The van der Waals surface area contributed by atoms with Crippen LogP contribution in [0.3, 0.4) is 0 Å². The van der Waals surface area contributed by atoms with Crippen molar-refractivity contribution in [2.75, 3.05) is 24.4 Å². The van der Waals surface area contributed by atoms with E-state index >= 15 is 0 Å². The summed E-state index contributed by atoms with van der Waals surface area (Å²) >= 11 is 3.01. The SMILES string of the molecule is C=CCNc1nc(SC)nc(SC)n1. The molecular weight excluding hydrogens is 216 g/mol. The van der Waals surface area contributed by atoms with Crippen molar-refractivity contribution in [3.05, 3.63) is 12.7 Å². The van der Waals surface area contributed by atoms with Gasteiger partial charge >= 0.3 is 0 Å². The molecule has 0 amide bonds. The van der Waals surface area contributed by atoms with Crippen LogP contribution in [-0.4, -0.2) is 34.0 Å². The highest BCUT2D eigenvalue weighted by molar-refractivity contribution is 7.99. The molecule has 0 aliphatic carbocycles. The average molecular weight is 228 g/mol. The predicted molar refractivity (Wildman–Crippen MR) is 62.1 cm³/mol. The Hall–Kier alpha value is -0.750. The van der Waals surface area contributed by atoms with Crippen LogP contribution in [0, 0.1) is 0 Å². The molecule has 0 aliphatic rings. The molecular formula is C8H12N4S2. The fourth-order valence-corrected chi connectivity index (χ4v) is 1.53. The van der Waals surface area contributed by atoms with Gasteiger partial charge in [0.1, 0.15) is 0 Å². The van der Waals surface area contributed by atoms with Crippen molar-refractivity contribution in [2.45, 2.75) is 10.3 Å². The molecule has 0 atom stereocenters. The van der Waals surface area contributed by atoms with Crippen molar-refractivity contribution in [1.82, 2.24) is 15.0 Å². The monoisotopic (exact) mass is 228 g/mol. The molecule has 0 bridgehead atoms. The van der Waals surface area contributed by atoms with Gasteiger partial charge in [-0.2, -0.15) is 15.0 Å². The van der Waals surface area contributed by atoms with Gasteiger partial charge in [0.2, 0.25) is 5.95 Å². The molecule has 76 valence electrons. The molecule has 14 heavy (non-hydrogen) atoms. The Kier molecular flexibility index (Phi) is 4.75. The summed E-state index contributed by atoms with van der Waals surface area (Å²) in [6, 6.07) is 0. The zero-order valence-corrected chi connectivity index (χ0v) is 9.78. The summed E-state index contributed by atoms with van der Waals surface area (Å²) in [7, 11) is 0. The van der Waals surface area contributed by atoms with E-state index in [-0.39, 0.29) is 0 Å². The smallest absolute Gasteiger partial charge is 0.227 e. The highest BCUT2D eigenvalue weighted by Crippen LogP contribution is 2.15. The molecule has 4 nitrogen and oxygen atoms in total. The van der Waals surface area contributed by atoms with Crippen LogP contribution in [0.5, 0.6) is 0 Å². The minimum Gasteiger partial charge on any atom is -0.351 e. The largest absolute Gasteiger partial charge is 0.351 e. The third-order valence-electron chi connectivity index (χ3n) is 1.36. The van der Waals surface area contributed by atoms with E-state index in [2.05, 4.69) is 26.8 Å². The second-order valence-corrected chi connectivity index (χ2v) is 3.85. The summed E-state index contributed by atoms with van der Waals surface area (Å²) in [5.41, 5.74) is 0. The molecule has 0 aliphatic heterocycles. The number of nitrogens with one attached hydrogen (secondary N) is 1. The molecule has 0 saturated heterocycles. The number of rotatable bonds is 5. The summed E-state index contributed by atoms with van der Waals surface area (Å²) in [6.45, 7) is 4.28. The topological polar surface area (TPSA) is 50.7 Å². The highest BCUT2D eigenvalue weighted by atomic mass is 32.2. The summed E-state index contributed by atoms with van der Waals surface area (Å²) in [4.78, 5) is 12.6. The van der Waals surface area contributed by atoms with Crippen LogP contribution in [0.4, 0.5) is 5.95 Å². The van der Waals surface area contributed by atoms with Gasteiger partial charge in [-0.05, 0) is 12.5 Å². The Morgan fingerprint density at radius 2 is 1.79 bits per heavy atom. The average Bonchev–Trinajstić information content (AvgIpc) is 2.25. The third kappa shape index (κ3) is 3.19. The van der Waals surface area contributed by atoms with Gasteiger partial charge in [0.15, 0.2) is 10.3 Å². The molecule has 0 saturated carbocycles. The maximum absolute atomic E-state index is 4.22. The fourth-order valence-electron chi connectivity index (χ4n) is 0.763. The van der Waals surface area contributed by atoms with Crippen LogP contribution in [0.1, 0.15) is 0 Å². The van der Waals surface area contributed by atoms with E-state index in [4.69, 9.17) is 0 Å². The van der Waals surface area contributed by atoms with Crippen LogP contribution in [0.15, 0.2) is 23.0 Å². The first-order valence-corrected chi connectivity index (χ1v) is 6.44. The Balaban J connectivity index is 2.86. The molecule has 1 aromatic rings. The molecule has 0 fully saturated rings. The summed E-state index contributed by atoms with van der Waals surface area (Å²) in [6.07, 6.45) is 5.65. The number of hydrogen-bond acceptors (Lipinski definition) is 6. The van der Waals surface area contributed by atoms with Gasteiger partial charge in [0, 0.05) is 6.54 Å². The first kappa shape index (κ1) is 11.3. The minimum atomic E-state index is 0.605. The van der Waals surface area contributed by atoms with Crippen molar-refractivity contribution in [3.63, 3.8) is 0 Å². The van der Waals surface area contributed by atoms with E-state index in [1.807, 2.05) is 12.5 Å². The molecule has 0 aromatic carbocycles. The molecule has 1 N–H and O–H groups in total. The van der Waals surface area contributed by atoms with Crippen LogP contribution >= 0.6 is 23.5 Å². The van der Waals surface area contributed by atoms with Crippen LogP contribution in [0.2, 0.25) is 0 Å². The van der Waals surface area contributed by atoms with E-state index in [1.54, 1.807) is 6.08 Å². The minimum absolute atomic E-state index is 0.605. The van der Waals surface area contributed by atoms with Crippen LogP contribution in [-0.2, 0) is 0 Å². The van der Waals surface area contributed by atoms with Gasteiger partial charge < -0.3 is 5.32 Å². The van der Waals surface area contributed by atoms with Gasteiger partial charge in [-0.3, -0.25) is 0 Å². The second-order valence-electron chi connectivity index (χ2n) is 2.30. The number of hydrogen-bond donors (Lipinski definition) is 1. The van der Waals surface area contributed by atoms with Crippen LogP contribution < -0.4 is 5.32 Å². The number of aromatic nitrogens is 3. The lowest BCUT2D eigenvalue weighted by Gasteiger charge is -2.04.